The molecular weight excluding hydrogens is 334 g/mol. The Kier molecular flexibility index (Phi) is 5.29. The molecule has 2 aromatic heterocycles. The highest BCUT2D eigenvalue weighted by molar-refractivity contribution is 7.99. The maximum Gasteiger partial charge on any atom is 0.172 e. The maximum absolute atomic E-state index is 10.4. The van der Waals surface area contributed by atoms with Crippen LogP contribution in [0.2, 0.25) is 0 Å². The largest absolute Gasteiger partial charge is 0.394 e. The van der Waals surface area contributed by atoms with Gasteiger partial charge < -0.3 is 25.5 Å². The van der Waals surface area contributed by atoms with E-state index in [1.165, 1.54) is 18.1 Å². The van der Waals surface area contributed by atoms with Crippen LogP contribution in [0.15, 0.2) is 11.5 Å². The fraction of sp³-hybridized carbons (Fsp3) is 0.571. The molecule has 2 aromatic rings. The van der Waals surface area contributed by atoms with Crippen molar-refractivity contribution in [1.29, 1.82) is 0 Å². The zero-order valence-electron chi connectivity index (χ0n) is 12.9. The molecule has 3 heterocycles. The van der Waals surface area contributed by atoms with Crippen molar-refractivity contribution in [1.82, 2.24) is 19.5 Å². The fourth-order valence-corrected chi connectivity index (χ4v) is 3.63. The number of carbonyl (C=O) groups excluding carboxylic acids is 1. The van der Waals surface area contributed by atoms with Gasteiger partial charge in [-0.1, -0.05) is 11.8 Å². The Hall–Kier alpha value is -1.75. The molecule has 0 amide bonds. The molecular formula is C14H19N5O4S. The van der Waals surface area contributed by atoms with Crippen molar-refractivity contribution >= 4 is 35.0 Å². The van der Waals surface area contributed by atoms with Crippen molar-refractivity contribution in [2.24, 2.45) is 0 Å². The topological polar surface area (TPSA) is 136 Å². The van der Waals surface area contributed by atoms with Crippen LogP contribution >= 0.6 is 11.8 Å². The second-order valence-corrected chi connectivity index (χ2v) is 6.53. The van der Waals surface area contributed by atoms with Gasteiger partial charge in [0.05, 0.1) is 12.7 Å². The highest BCUT2D eigenvalue weighted by Crippen LogP contribution is 2.36. The van der Waals surface area contributed by atoms with Crippen molar-refractivity contribution in [2.75, 3.05) is 18.1 Å². The Bertz CT molecular complexity index is 724. The number of nitrogen functional groups attached to an aromatic ring is 1. The summed E-state index contributed by atoms with van der Waals surface area (Å²) in [5.74, 6) is 0.972. The average molecular weight is 353 g/mol. The van der Waals surface area contributed by atoms with Gasteiger partial charge >= 0.3 is 0 Å². The fourth-order valence-electron chi connectivity index (χ4n) is 2.64. The Morgan fingerprint density at radius 2 is 2.33 bits per heavy atom. The summed E-state index contributed by atoms with van der Waals surface area (Å²) in [7, 11) is 0. The molecule has 1 fully saturated rings. The normalized spacial score (nSPS) is 23.8. The van der Waals surface area contributed by atoms with E-state index in [1.54, 1.807) is 4.57 Å². The minimum Gasteiger partial charge on any atom is -0.394 e. The van der Waals surface area contributed by atoms with E-state index >= 15 is 0 Å². The SMILES string of the molecule is Nc1ncnc2c1nc(SCCCC=O)n2[C@H]1C[C@H](O)[C@@H](CO)O1. The first-order valence-corrected chi connectivity index (χ1v) is 8.63. The first-order valence-electron chi connectivity index (χ1n) is 7.65. The Balaban J connectivity index is 1.94. The van der Waals surface area contributed by atoms with Crippen molar-refractivity contribution in [2.45, 2.75) is 42.9 Å². The van der Waals surface area contributed by atoms with Crippen LogP contribution in [-0.4, -0.2) is 60.6 Å². The first-order chi connectivity index (χ1) is 11.7. The Labute approximate surface area is 142 Å². The minimum absolute atomic E-state index is 0.261. The molecule has 1 aliphatic rings. The molecule has 24 heavy (non-hydrogen) atoms. The first kappa shape index (κ1) is 17.1. The number of hydrogen-bond acceptors (Lipinski definition) is 9. The van der Waals surface area contributed by atoms with Gasteiger partial charge in [0.1, 0.15) is 24.9 Å². The summed E-state index contributed by atoms with van der Waals surface area (Å²) < 4.78 is 7.51. The van der Waals surface area contributed by atoms with Gasteiger partial charge in [0.25, 0.3) is 0 Å². The average Bonchev–Trinajstić information content (AvgIpc) is 3.12. The lowest BCUT2D eigenvalue weighted by Crippen LogP contribution is -2.24. The van der Waals surface area contributed by atoms with Gasteiger partial charge in [-0.05, 0) is 6.42 Å². The summed E-state index contributed by atoms with van der Waals surface area (Å²) in [4.78, 5) is 23.1. The monoisotopic (exact) mass is 353 g/mol. The van der Waals surface area contributed by atoms with Crippen LogP contribution in [0.4, 0.5) is 5.82 Å². The summed E-state index contributed by atoms with van der Waals surface area (Å²) in [6.07, 6.45) is 1.88. The number of hydrogen-bond donors (Lipinski definition) is 3. The predicted octanol–water partition coefficient (Wildman–Crippen LogP) is 0.120. The molecule has 0 radical (unpaired) electrons. The molecule has 0 bridgehead atoms. The number of aliphatic hydroxyl groups is 2. The van der Waals surface area contributed by atoms with Gasteiger partial charge in [-0.2, -0.15) is 0 Å². The smallest absolute Gasteiger partial charge is 0.172 e. The summed E-state index contributed by atoms with van der Waals surface area (Å²) in [5.41, 5.74) is 6.88. The number of nitrogens with zero attached hydrogens (tertiary/aromatic N) is 4. The van der Waals surface area contributed by atoms with Gasteiger partial charge in [-0.15, -0.1) is 0 Å². The number of nitrogens with two attached hydrogens (primary N) is 1. The maximum atomic E-state index is 10.4. The Morgan fingerprint density at radius 3 is 3.04 bits per heavy atom. The lowest BCUT2D eigenvalue weighted by molar-refractivity contribution is -0.107. The lowest BCUT2D eigenvalue weighted by atomic mass is 10.2. The molecule has 0 spiro atoms. The molecule has 4 N–H and O–H groups in total. The molecule has 3 atom stereocenters. The summed E-state index contributed by atoms with van der Waals surface area (Å²) in [5, 5.41) is 19.9. The van der Waals surface area contributed by atoms with E-state index in [-0.39, 0.29) is 12.4 Å². The van der Waals surface area contributed by atoms with Crippen LogP contribution in [0.5, 0.6) is 0 Å². The summed E-state index contributed by atoms with van der Waals surface area (Å²) in [6, 6.07) is 0. The molecule has 3 rings (SSSR count). The highest BCUT2D eigenvalue weighted by Gasteiger charge is 2.36. The number of anilines is 1. The molecule has 1 aliphatic heterocycles. The number of aliphatic hydroxyl groups excluding tert-OH is 2. The van der Waals surface area contributed by atoms with Crippen LogP contribution in [-0.2, 0) is 9.53 Å². The molecule has 9 nitrogen and oxygen atoms in total. The van der Waals surface area contributed by atoms with E-state index in [1.807, 2.05) is 0 Å². The van der Waals surface area contributed by atoms with Gasteiger partial charge in [0.15, 0.2) is 22.1 Å². The minimum atomic E-state index is -0.760. The lowest BCUT2D eigenvalue weighted by Gasteiger charge is -2.16. The Morgan fingerprint density at radius 1 is 1.50 bits per heavy atom. The number of carbonyl (C=O) groups is 1. The number of aromatic nitrogens is 4. The third-order valence-corrected chi connectivity index (χ3v) is 4.88. The van der Waals surface area contributed by atoms with Crippen molar-refractivity contribution < 1.29 is 19.7 Å². The van der Waals surface area contributed by atoms with Crippen molar-refractivity contribution in [3.63, 3.8) is 0 Å². The number of fused-ring (bicyclic) bond motifs is 1. The number of unbranched alkanes of at least 4 members (excludes halogenated alkanes) is 1. The van der Waals surface area contributed by atoms with Gasteiger partial charge in [-0.3, -0.25) is 4.57 Å². The van der Waals surface area contributed by atoms with E-state index in [4.69, 9.17) is 10.5 Å². The number of ether oxygens (including phenoxy) is 1. The van der Waals surface area contributed by atoms with Crippen LogP contribution in [0.3, 0.4) is 0 Å². The summed E-state index contributed by atoms with van der Waals surface area (Å²) >= 11 is 1.46. The molecule has 0 aliphatic carbocycles. The van der Waals surface area contributed by atoms with Crippen LogP contribution in [0.1, 0.15) is 25.5 Å². The van der Waals surface area contributed by atoms with E-state index in [9.17, 15) is 15.0 Å². The van der Waals surface area contributed by atoms with Crippen LogP contribution in [0.25, 0.3) is 11.2 Å². The third-order valence-electron chi connectivity index (χ3n) is 3.84. The third kappa shape index (κ3) is 3.22. The van der Waals surface area contributed by atoms with Gasteiger partial charge in [0.2, 0.25) is 0 Å². The molecule has 0 unspecified atom stereocenters. The molecule has 130 valence electrons. The van der Waals surface area contributed by atoms with Crippen LogP contribution < -0.4 is 5.73 Å². The molecule has 0 saturated carbocycles. The number of imidazole rings is 1. The van der Waals surface area contributed by atoms with Crippen molar-refractivity contribution in [3.8, 4) is 0 Å². The zero-order chi connectivity index (χ0) is 17.1. The second-order valence-electron chi connectivity index (χ2n) is 5.47. The van der Waals surface area contributed by atoms with Gasteiger partial charge in [0, 0.05) is 18.6 Å². The summed E-state index contributed by atoms with van der Waals surface area (Å²) in [6.45, 7) is -0.261. The molecule has 1 saturated heterocycles. The quantitative estimate of drug-likeness (QED) is 0.360. The molecule has 10 heteroatoms. The van der Waals surface area contributed by atoms with Crippen molar-refractivity contribution in [3.05, 3.63) is 6.33 Å². The van der Waals surface area contributed by atoms with E-state index in [0.717, 1.165) is 12.7 Å². The van der Waals surface area contributed by atoms with E-state index in [2.05, 4.69) is 15.0 Å². The standard InChI is InChI=1S/C14H19N5O4S/c15-12-11-13(17-7-16-12)19(10-5-8(22)9(6-21)23-10)14(18-11)24-4-2-1-3-20/h3,7-10,21-22H,1-2,4-6H2,(H2,15,16,17)/t8-,9+,10+/m0/s1. The highest BCUT2D eigenvalue weighted by atomic mass is 32.2. The van der Waals surface area contributed by atoms with E-state index in [0.29, 0.717) is 34.9 Å². The predicted molar refractivity (Wildman–Crippen MR) is 87.4 cm³/mol. The number of thioether (sulfide) groups is 1. The van der Waals surface area contributed by atoms with Gasteiger partial charge in [-0.25, -0.2) is 15.0 Å². The van der Waals surface area contributed by atoms with Crippen LogP contribution in [0, 0.1) is 0 Å². The molecule has 0 aromatic carbocycles. The number of rotatable bonds is 7. The van der Waals surface area contributed by atoms with E-state index < -0.39 is 18.4 Å². The zero-order valence-corrected chi connectivity index (χ0v) is 13.7. The number of aldehydes is 1. The second kappa shape index (κ2) is 7.43.